The second kappa shape index (κ2) is 5.73. The number of aromatic hydroxyl groups is 2. The van der Waals surface area contributed by atoms with Crippen molar-refractivity contribution in [2.75, 3.05) is 0 Å². The molecule has 0 aliphatic heterocycles. The molecule has 2 aromatic rings. The molecule has 0 aromatic heterocycles. The average Bonchev–Trinajstić information content (AvgIpc) is 2.37. The molecule has 0 heterocycles. The van der Waals surface area contributed by atoms with Gasteiger partial charge in [0.15, 0.2) is 0 Å². The van der Waals surface area contributed by atoms with Gasteiger partial charge in [0.25, 0.3) is 0 Å². The average molecular weight is 310 g/mol. The highest BCUT2D eigenvalue weighted by Crippen LogP contribution is 2.32. The van der Waals surface area contributed by atoms with Gasteiger partial charge >= 0.3 is 0 Å². The van der Waals surface area contributed by atoms with E-state index in [1.165, 1.54) is 12.3 Å². The third-order valence-corrected chi connectivity index (χ3v) is 3.50. The zero-order chi connectivity index (χ0) is 14.9. The lowest BCUT2D eigenvalue weighted by Crippen LogP contribution is -1.85. The predicted octanol–water partition coefficient (Wildman–Crippen LogP) is 4.77. The van der Waals surface area contributed by atoms with Gasteiger partial charge < -0.3 is 10.2 Å². The molecule has 0 fully saturated rings. The normalized spacial score (nSPS) is 11.2. The minimum atomic E-state index is -0.0943. The number of phenolic OH excluding ortho intramolecular Hbond substituents is 2. The topological polar surface area (TPSA) is 52.8 Å². The molecular weight excluding hydrogens is 297 g/mol. The fourth-order valence-electron chi connectivity index (χ4n) is 1.71. The van der Waals surface area contributed by atoms with Gasteiger partial charge in [-0.15, -0.1) is 0 Å². The van der Waals surface area contributed by atoms with Gasteiger partial charge in [-0.05, 0) is 49.2 Å². The molecule has 2 N–H and O–H groups in total. The third kappa shape index (κ3) is 3.06. The quantitative estimate of drug-likeness (QED) is 0.785. The number of hydrogen-bond acceptors (Lipinski definition) is 3. The molecule has 2 aromatic carbocycles. The molecule has 3 nitrogen and oxygen atoms in total. The predicted molar refractivity (Wildman–Crippen MR) is 83.0 cm³/mol. The SMILES string of the molecule is Cc1cc(O)c(N=Cc2cc(Cl)cc(Cl)c2O)cc1C. The van der Waals surface area contributed by atoms with Crippen molar-refractivity contribution in [2.45, 2.75) is 13.8 Å². The maximum absolute atomic E-state index is 9.84. The highest BCUT2D eigenvalue weighted by atomic mass is 35.5. The maximum atomic E-state index is 9.84. The van der Waals surface area contributed by atoms with E-state index in [-0.39, 0.29) is 16.5 Å². The summed E-state index contributed by atoms with van der Waals surface area (Å²) in [6.07, 6.45) is 1.41. The largest absolute Gasteiger partial charge is 0.506 e. The van der Waals surface area contributed by atoms with Crippen molar-refractivity contribution < 1.29 is 10.2 Å². The summed E-state index contributed by atoms with van der Waals surface area (Å²) in [6.45, 7) is 3.84. The Morgan fingerprint density at radius 3 is 2.35 bits per heavy atom. The highest BCUT2D eigenvalue weighted by molar-refractivity contribution is 6.36. The van der Waals surface area contributed by atoms with Gasteiger partial charge in [-0.25, -0.2) is 0 Å². The first-order valence-electron chi connectivity index (χ1n) is 5.91. The number of phenols is 2. The molecule has 0 aliphatic carbocycles. The van der Waals surface area contributed by atoms with Crippen molar-refractivity contribution in [3.63, 3.8) is 0 Å². The lowest BCUT2D eigenvalue weighted by atomic mass is 10.1. The van der Waals surface area contributed by atoms with Crippen LogP contribution < -0.4 is 0 Å². The van der Waals surface area contributed by atoms with E-state index in [1.807, 2.05) is 13.8 Å². The fourth-order valence-corrected chi connectivity index (χ4v) is 2.22. The second-order valence-corrected chi connectivity index (χ2v) is 5.35. The summed E-state index contributed by atoms with van der Waals surface area (Å²) in [6, 6.07) is 6.41. The Balaban J connectivity index is 2.42. The fraction of sp³-hybridized carbons (Fsp3) is 0.133. The Bertz CT molecular complexity index is 697. The lowest BCUT2D eigenvalue weighted by Gasteiger charge is -2.05. The molecule has 0 bridgehead atoms. The standard InChI is InChI=1S/C15H13Cl2NO2/c1-8-3-13(14(19)4-9(8)2)18-7-10-5-11(16)6-12(17)15(10)20/h3-7,19-20H,1-2H3. The first-order chi connectivity index (χ1) is 9.38. The van der Waals surface area contributed by atoms with Gasteiger partial charge in [0.1, 0.15) is 17.2 Å². The molecular formula is C15H13Cl2NO2. The third-order valence-electron chi connectivity index (χ3n) is 2.99. The summed E-state index contributed by atoms with van der Waals surface area (Å²) in [5.74, 6) is -0.0138. The van der Waals surface area contributed by atoms with Crippen LogP contribution in [0.5, 0.6) is 11.5 Å². The van der Waals surface area contributed by atoms with Gasteiger partial charge in [0.2, 0.25) is 0 Å². The number of rotatable bonds is 2. The van der Waals surface area contributed by atoms with Crippen molar-refractivity contribution in [1.82, 2.24) is 0 Å². The van der Waals surface area contributed by atoms with E-state index in [9.17, 15) is 10.2 Å². The number of nitrogens with zero attached hydrogens (tertiary/aromatic N) is 1. The number of aryl methyl sites for hydroxylation is 2. The monoisotopic (exact) mass is 309 g/mol. The van der Waals surface area contributed by atoms with Crippen LogP contribution in [0.1, 0.15) is 16.7 Å². The summed E-state index contributed by atoms with van der Waals surface area (Å²) < 4.78 is 0. The van der Waals surface area contributed by atoms with Gasteiger partial charge in [0, 0.05) is 16.8 Å². The molecule has 0 radical (unpaired) electrons. The minimum absolute atomic E-state index is 0.0805. The van der Waals surface area contributed by atoms with E-state index in [0.29, 0.717) is 16.3 Å². The first-order valence-corrected chi connectivity index (χ1v) is 6.66. The van der Waals surface area contributed by atoms with Crippen LogP contribution in [-0.2, 0) is 0 Å². The molecule has 104 valence electrons. The molecule has 0 saturated heterocycles. The Morgan fingerprint density at radius 1 is 1.00 bits per heavy atom. The summed E-state index contributed by atoms with van der Waals surface area (Å²) >= 11 is 11.7. The number of halogens is 2. The van der Waals surface area contributed by atoms with Gasteiger partial charge in [-0.3, -0.25) is 4.99 Å². The Hall–Kier alpha value is -1.71. The van der Waals surface area contributed by atoms with Crippen molar-refractivity contribution in [1.29, 1.82) is 0 Å². The molecule has 5 heteroatoms. The van der Waals surface area contributed by atoms with Crippen molar-refractivity contribution in [3.05, 3.63) is 51.0 Å². The van der Waals surface area contributed by atoms with E-state index < -0.39 is 0 Å². The number of hydrogen-bond donors (Lipinski definition) is 2. The molecule has 0 spiro atoms. The van der Waals surface area contributed by atoms with Crippen LogP contribution in [0.4, 0.5) is 5.69 Å². The zero-order valence-corrected chi connectivity index (χ0v) is 12.5. The number of aliphatic imine (C=N–C) groups is 1. The van der Waals surface area contributed by atoms with Crippen LogP contribution in [0.3, 0.4) is 0 Å². The molecule has 0 atom stereocenters. The molecule has 0 saturated carbocycles. The summed E-state index contributed by atoms with van der Waals surface area (Å²) in [5, 5.41) is 20.2. The van der Waals surface area contributed by atoms with Gasteiger partial charge in [-0.1, -0.05) is 23.2 Å². The first kappa shape index (κ1) is 14.7. The van der Waals surface area contributed by atoms with Crippen molar-refractivity contribution >= 4 is 35.1 Å². The molecule has 0 aliphatic rings. The zero-order valence-electron chi connectivity index (χ0n) is 11.0. The summed E-state index contributed by atoms with van der Waals surface area (Å²) in [5.41, 5.74) is 2.81. The molecule has 2 rings (SSSR count). The van der Waals surface area contributed by atoms with Crippen LogP contribution in [0.15, 0.2) is 29.3 Å². The highest BCUT2D eigenvalue weighted by Gasteiger charge is 2.07. The van der Waals surface area contributed by atoms with Crippen LogP contribution >= 0.6 is 23.2 Å². The van der Waals surface area contributed by atoms with Crippen molar-refractivity contribution in [3.8, 4) is 11.5 Å². The Kier molecular flexibility index (Phi) is 4.21. The van der Waals surface area contributed by atoms with Crippen molar-refractivity contribution in [2.24, 2.45) is 4.99 Å². The van der Waals surface area contributed by atoms with E-state index in [4.69, 9.17) is 23.2 Å². The summed E-state index contributed by atoms with van der Waals surface area (Å²) in [4.78, 5) is 4.17. The van der Waals surface area contributed by atoms with Gasteiger partial charge in [0.05, 0.1) is 5.02 Å². The van der Waals surface area contributed by atoms with E-state index >= 15 is 0 Å². The van der Waals surface area contributed by atoms with Crippen LogP contribution in [0.25, 0.3) is 0 Å². The summed E-state index contributed by atoms with van der Waals surface area (Å²) in [7, 11) is 0. The number of benzene rings is 2. The van der Waals surface area contributed by atoms with E-state index in [0.717, 1.165) is 11.1 Å². The maximum Gasteiger partial charge on any atom is 0.143 e. The van der Waals surface area contributed by atoms with Gasteiger partial charge in [-0.2, -0.15) is 0 Å². The lowest BCUT2D eigenvalue weighted by molar-refractivity contribution is 0.474. The second-order valence-electron chi connectivity index (χ2n) is 4.51. The minimum Gasteiger partial charge on any atom is -0.506 e. The molecule has 0 unspecified atom stereocenters. The Labute approximate surface area is 127 Å². The van der Waals surface area contributed by atoms with Crippen LogP contribution in [0, 0.1) is 13.8 Å². The Morgan fingerprint density at radius 2 is 1.65 bits per heavy atom. The van der Waals surface area contributed by atoms with E-state index in [2.05, 4.69) is 4.99 Å². The van der Waals surface area contributed by atoms with Crippen LogP contribution in [0.2, 0.25) is 10.0 Å². The smallest absolute Gasteiger partial charge is 0.143 e. The van der Waals surface area contributed by atoms with E-state index in [1.54, 1.807) is 18.2 Å². The molecule has 0 amide bonds. The van der Waals surface area contributed by atoms with Crippen LogP contribution in [-0.4, -0.2) is 16.4 Å². The molecule has 20 heavy (non-hydrogen) atoms.